The molecular formula is C26H28N4O2S. The lowest BCUT2D eigenvalue weighted by Gasteiger charge is -2.29. The van der Waals surface area contributed by atoms with Gasteiger partial charge in [0.05, 0.1) is 18.4 Å². The molecule has 0 fully saturated rings. The van der Waals surface area contributed by atoms with Crippen molar-refractivity contribution in [2.75, 3.05) is 25.5 Å². The van der Waals surface area contributed by atoms with E-state index in [9.17, 15) is 4.79 Å². The van der Waals surface area contributed by atoms with Gasteiger partial charge in [-0.15, -0.1) is 0 Å². The van der Waals surface area contributed by atoms with E-state index in [0.717, 1.165) is 29.1 Å². The first-order chi connectivity index (χ1) is 16.1. The van der Waals surface area contributed by atoms with Crippen molar-refractivity contribution in [3.05, 3.63) is 89.9 Å². The second kappa shape index (κ2) is 10.9. The lowest BCUT2D eigenvalue weighted by Crippen LogP contribution is -2.40. The predicted molar refractivity (Wildman–Crippen MR) is 135 cm³/mol. The number of amides is 1. The van der Waals surface area contributed by atoms with Crippen LogP contribution in [-0.4, -0.2) is 41.0 Å². The molecule has 0 spiro atoms. The molecule has 2 aliphatic rings. The maximum absolute atomic E-state index is 13.0. The van der Waals surface area contributed by atoms with Crippen LogP contribution in [0, 0.1) is 5.92 Å². The van der Waals surface area contributed by atoms with E-state index in [1.807, 2.05) is 36.4 Å². The van der Waals surface area contributed by atoms with E-state index in [1.54, 1.807) is 24.3 Å². The van der Waals surface area contributed by atoms with E-state index in [4.69, 9.17) is 17.0 Å². The summed E-state index contributed by atoms with van der Waals surface area (Å²) >= 11 is 5.63. The van der Waals surface area contributed by atoms with E-state index >= 15 is 0 Å². The molecule has 1 unspecified atom stereocenters. The van der Waals surface area contributed by atoms with Gasteiger partial charge in [-0.05, 0) is 24.6 Å². The Kier molecular flexibility index (Phi) is 7.52. The Morgan fingerprint density at radius 3 is 2.88 bits per heavy atom. The zero-order valence-corrected chi connectivity index (χ0v) is 19.5. The predicted octanol–water partition coefficient (Wildman–Crippen LogP) is 4.24. The number of benzene rings is 1. The van der Waals surface area contributed by atoms with Gasteiger partial charge in [-0.25, -0.2) is 0 Å². The van der Waals surface area contributed by atoms with Gasteiger partial charge in [-0.3, -0.25) is 9.78 Å². The van der Waals surface area contributed by atoms with Gasteiger partial charge < -0.3 is 20.3 Å². The van der Waals surface area contributed by atoms with Crippen LogP contribution in [0.3, 0.4) is 0 Å². The van der Waals surface area contributed by atoms with Crippen LogP contribution < -0.4 is 15.4 Å². The van der Waals surface area contributed by atoms with Gasteiger partial charge in [-0.1, -0.05) is 54.7 Å². The third kappa shape index (κ3) is 5.87. The molecular weight excluding hydrogens is 432 g/mol. The number of likely N-dealkylation sites (N-methyl/N-ethyl adjacent to an activating group) is 1. The molecule has 6 nitrogen and oxygen atoms in total. The maximum atomic E-state index is 13.0. The van der Waals surface area contributed by atoms with Crippen molar-refractivity contribution in [1.29, 1.82) is 0 Å². The quantitative estimate of drug-likeness (QED) is 0.575. The molecule has 7 heteroatoms. The van der Waals surface area contributed by atoms with Crippen LogP contribution in [0.25, 0.3) is 0 Å². The number of nitrogens with one attached hydrogen (secondary N) is 2. The molecule has 170 valence electrons. The highest BCUT2D eigenvalue weighted by atomic mass is 32.1. The van der Waals surface area contributed by atoms with Crippen LogP contribution in [0.5, 0.6) is 5.75 Å². The van der Waals surface area contributed by atoms with Crippen molar-refractivity contribution in [3.8, 4) is 5.75 Å². The molecule has 1 aromatic carbocycles. The summed E-state index contributed by atoms with van der Waals surface area (Å²) in [4.78, 5) is 19.3. The van der Waals surface area contributed by atoms with Gasteiger partial charge in [0.15, 0.2) is 0 Å². The minimum Gasteiger partial charge on any atom is -0.491 e. The number of para-hydroxylation sites is 1. The molecule has 1 aliphatic heterocycles. The Balaban J connectivity index is 1.48. The second-order valence-electron chi connectivity index (χ2n) is 8.11. The first-order valence-electron chi connectivity index (χ1n) is 11.1. The van der Waals surface area contributed by atoms with Crippen LogP contribution in [0.2, 0.25) is 0 Å². The standard InChI is InChI=1S/C26H28N4O2S/c1-30-15-13-22(24(26(30)31)25(33)29-21-10-6-3-7-11-21)28-16-20-12-14-27-17-23(20)32-18-19-8-4-2-5-9-19/h2-8,10-12,14,17,19,28H,9,13,15-16,18H2,1H3,(H,29,33). The number of hydrogen-bond donors (Lipinski definition) is 2. The number of carbonyl (C=O) groups excluding carboxylic acids is 1. The van der Waals surface area contributed by atoms with E-state index < -0.39 is 0 Å². The number of nitrogens with zero attached hydrogens (tertiary/aromatic N) is 2. The molecule has 1 aromatic heterocycles. The summed E-state index contributed by atoms with van der Waals surface area (Å²) in [5.74, 6) is 1.03. The Labute approximate surface area is 200 Å². The van der Waals surface area contributed by atoms with Crippen molar-refractivity contribution >= 4 is 28.8 Å². The number of hydrogen-bond acceptors (Lipinski definition) is 5. The monoisotopic (exact) mass is 460 g/mol. The summed E-state index contributed by atoms with van der Waals surface area (Å²) in [6, 6.07) is 11.6. The summed E-state index contributed by atoms with van der Waals surface area (Å²) in [5.41, 5.74) is 3.19. The molecule has 2 heterocycles. The summed E-state index contributed by atoms with van der Waals surface area (Å²) in [6.07, 6.45) is 13.6. The molecule has 0 bridgehead atoms. The number of thiocarbonyl (C=S) groups is 1. The minimum absolute atomic E-state index is 0.0828. The highest BCUT2D eigenvalue weighted by Gasteiger charge is 2.28. The largest absolute Gasteiger partial charge is 0.491 e. The molecule has 33 heavy (non-hydrogen) atoms. The van der Waals surface area contributed by atoms with E-state index in [1.165, 1.54) is 0 Å². The second-order valence-corrected chi connectivity index (χ2v) is 8.52. The topological polar surface area (TPSA) is 66.5 Å². The van der Waals surface area contributed by atoms with Crippen molar-refractivity contribution in [1.82, 2.24) is 15.2 Å². The fourth-order valence-electron chi connectivity index (χ4n) is 3.79. The van der Waals surface area contributed by atoms with E-state index in [-0.39, 0.29) is 5.91 Å². The number of rotatable bonds is 8. The number of ether oxygens (including phenoxy) is 1. The number of carbonyl (C=O) groups is 1. The summed E-state index contributed by atoms with van der Waals surface area (Å²) in [7, 11) is 1.80. The van der Waals surface area contributed by atoms with E-state index in [0.29, 0.717) is 42.6 Å². The van der Waals surface area contributed by atoms with Crippen LogP contribution in [0.15, 0.2) is 84.4 Å². The van der Waals surface area contributed by atoms with Crippen LogP contribution in [-0.2, 0) is 11.3 Å². The molecule has 4 rings (SSSR count). The molecule has 0 saturated carbocycles. The summed E-state index contributed by atoms with van der Waals surface area (Å²) in [5, 5.41) is 6.65. The first kappa shape index (κ1) is 22.7. The SMILES string of the molecule is CN1CCC(NCc2ccncc2OCC2C=CC=CC2)=C(C(=S)Nc2ccccc2)C1=O. The van der Waals surface area contributed by atoms with Gasteiger partial charge in [0.1, 0.15) is 10.7 Å². The molecule has 1 atom stereocenters. The van der Waals surface area contributed by atoms with Crippen molar-refractivity contribution in [2.24, 2.45) is 5.92 Å². The van der Waals surface area contributed by atoms with Gasteiger partial charge in [-0.2, -0.15) is 0 Å². The zero-order chi connectivity index (χ0) is 23.0. The lowest BCUT2D eigenvalue weighted by molar-refractivity contribution is -0.126. The Bertz CT molecular complexity index is 1090. The highest BCUT2D eigenvalue weighted by Crippen LogP contribution is 2.23. The normalized spacial score (nSPS) is 17.8. The third-order valence-corrected chi connectivity index (χ3v) is 6.01. The maximum Gasteiger partial charge on any atom is 0.258 e. The molecule has 2 N–H and O–H groups in total. The fourth-order valence-corrected chi connectivity index (χ4v) is 4.12. The Morgan fingerprint density at radius 2 is 2.09 bits per heavy atom. The van der Waals surface area contributed by atoms with Crippen molar-refractivity contribution in [3.63, 3.8) is 0 Å². The molecule has 0 radical (unpaired) electrons. The summed E-state index contributed by atoms with van der Waals surface area (Å²) in [6.45, 7) is 1.75. The number of pyridine rings is 1. The zero-order valence-electron chi connectivity index (χ0n) is 18.7. The first-order valence-corrected chi connectivity index (χ1v) is 11.5. The fraction of sp³-hybridized carbons (Fsp3) is 0.269. The van der Waals surface area contributed by atoms with Gasteiger partial charge >= 0.3 is 0 Å². The molecule has 0 saturated heterocycles. The molecule has 2 aromatic rings. The lowest BCUT2D eigenvalue weighted by atomic mass is 10.0. The van der Waals surface area contributed by atoms with Crippen molar-refractivity contribution < 1.29 is 9.53 Å². The van der Waals surface area contributed by atoms with Crippen LogP contribution in [0.1, 0.15) is 18.4 Å². The van der Waals surface area contributed by atoms with Gasteiger partial charge in [0, 0.05) is 55.6 Å². The summed E-state index contributed by atoms with van der Waals surface area (Å²) < 4.78 is 6.09. The highest BCUT2D eigenvalue weighted by molar-refractivity contribution is 7.81. The average Bonchev–Trinajstić information content (AvgIpc) is 2.85. The average molecular weight is 461 g/mol. The third-order valence-electron chi connectivity index (χ3n) is 5.70. The van der Waals surface area contributed by atoms with Gasteiger partial charge in [0.2, 0.25) is 0 Å². The molecule has 1 amide bonds. The Morgan fingerprint density at radius 1 is 1.24 bits per heavy atom. The van der Waals surface area contributed by atoms with Gasteiger partial charge in [0.25, 0.3) is 5.91 Å². The van der Waals surface area contributed by atoms with Crippen LogP contribution in [0.4, 0.5) is 5.69 Å². The minimum atomic E-state index is -0.0828. The van der Waals surface area contributed by atoms with E-state index in [2.05, 4.69) is 39.9 Å². The molecule has 1 aliphatic carbocycles. The smallest absolute Gasteiger partial charge is 0.258 e. The number of allylic oxidation sites excluding steroid dienone is 3. The number of anilines is 1. The van der Waals surface area contributed by atoms with Crippen molar-refractivity contribution in [2.45, 2.75) is 19.4 Å². The Hall–Kier alpha value is -3.45. The number of aromatic nitrogens is 1. The van der Waals surface area contributed by atoms with Crippen LogP contribution >= 0.6 is 12.2 Å².